The Morgan fingerprint density at radius 2 is 1.74 bits per heavy atom. The molecule has 3 heterocycles. The van der Waals surface area contributed by atoms with Crippen molar-refractivity contribution in [3.63, 3.8) is 0 Å². The van der Waals surface area contributed by atoms with Crippen LogP contribution in [0.3, 0.4) is 0 Å². The van der Waals surface area contributed by atoms with E-state index < -0.39 is 96.2 Å². The smallest absolute Gasteiger partial charge is 0.204 e. The van der Waals surface area contributed by atoms with Crippen LogP contribution in [0.1, 0.15) is 11.7 Å². The van der Waals surface area contributed by atoms with Crippen LogP contribution in [0.15, 0.2) is 33.5 Å². The van der Waals surface area contributed by atoms with Crippen molar-refractivity contribution in [1.82, 2.24) is 0 Å². The van der Waals surface area contributed by atoms with Crippen LogP contribution < -0.4 is 5.43 Å². The molecular formula is C24H26O14. The molecule has 0 aliphatic carbocycles. The molecule has 3 aromatic rings. The van der Waals surface area contributed by atoms with E-state index in [1.54, 1.807) is 0 Å². The first-order valence-corrected chi connectivity index (χ1v) is 11.6. The highest BCUT2D eigenvalue weighted by Gasteiger charge is 2.50. The fraction of sp³-hybridized carbons (Fsp3) is 0.458. The van der Waals surface area contributed by atoms with Crippen LogP contribution in [0.5, 0.6) is 17.2 Å². The molecule has 0 bridgehead atoms. The first kappa shape index (κ1) is 26.6. The van der Waals surface area contributed by atoms with Crippen molar-refractivity contribution >= 4 is 21.9 Å². The predicted octanol–water partition coefficient (Wildman–Crippen LogP) is -1.96. The van der Waals surface area contributed by atoms with Crippen molar-refractivity contribution < 1.29 is 64.6 Å². The van der Waals surface area contributed by atoms with Crippen LogP contribution in [-0.2, 0) is 14.2 Å². The molecule has 2 saturated heterocycles. The average molecular weight is 538 g/mol. The quantitative estimate of drug-likeness (QED) is 0.160. The number of fused-ring (bicyclic) bond motifs is 2. The second-order valence-corrected chi connectivity index (χ2v) is 9.43. The molecule has 0 radical (unpaired) electrons. The number of rotatable bonds is 5. The lowest BCUT2D eigenvalue weighted by atomic mass is 9.89. The summed E-state index contributed by atoms with van der Waals surface area (Å²) in [7, 11) is 0. The lowest BCUT2D eigenvalue weighted by molar-refractivity contribution is -0.253. The number of hydrogen-bond donors (Lipinski definition) is 9. The van der Waals surface area contributed by atoms with E-state index in [9.17, 15) is 50.8 Å². The van der Waals surface area contributed by atoms with Crippen molar-refractivity contribution in [3.05, 3.63) is 40.1 Å². The molecule has 0 saturated carbocycles. The molecule has 206 valence electrons. The Bertz CT molecular complexity index is 1420. The molecule has 9 N–H and O–H groups in total. The second-order valence-electron chi connectivity index (χ2n) is 9.43. The summed E-state index contributed by atoms with van der Waals surface area (Å²) in [6.45, 7) is -1.82. The third kappa shape index (κ3) is 4.16. The largest absolute Gasteiger partial charge is 0.508 e. The van der Waals surface area contributed by atoms with Gasteiger partial charge in [-0.1, -0.05) is 0 Å². The van der Waals surface area contributed by atoms with E-state index in [1.165, 1.54) is 12.1 Å². The third-order valence-electron chi connectivity index (χ3n) is 6.94. The number of hydrogen-bond acceptors (Lipinski definition) is 14. The van der Waals surface area contributed by atoms with Crippen LogP contribution >= 0.6 is 0 Å². The Morgan fingerprint density at radius 1 is 1.00 bits per heavy atom. The Balaban J connectivity index is 1.49. The Morgan fingerprint density at radius 3 is 2.42 bits per heavy atom. The van der Waals surface area contributed by atoms with Gasteiger partial charge in [0.05, 0.1) is 30.8 Å². The van der Waals surface area contributed by atoms with Gasteiger partial charge in [-0.05, 0) is 18.2 Å². The van der Waals surface area contributed by atoms with Gasteiger partial charge in [0.1, 0.15) is 76.0 Å². The highest BCUT2D eigenvalue weighted by Crippen LogP contribution is 2.45. The van der Waals surface area contributed by atoms with E-state index in [-0.39, 0.29) is 22.3 Å². The molecule has 38 heavy (non-hydrogen) atoms. The number of phenolic OH excluding ortho intramolecular Hbond substituents is 3. The van der Waals surface area contributed by atoms with E-state index in [4.69, 9.17) is 18.6 Å². The molecule has 2 aliphatic heterocycles. The summed E-state index contributed by atoms with van der Waals surface area (Å²) < 4.78 is 21.7. The maximum Gasteiger partial charge on any atom is 0.204 e. The minimum absolute atomic E-state index is 0.0703. The predicted molar refractivity (Wildman–Crippen MR) is 124 cm³/mol. The zero-order chi connectivity index (χ0) is 27.5. The van der Waals surface area contributed by atoms with Gasteiger partial charge in [0.15, 0.2) is 6.29 Å². The molecule has 8 atom stereocenters. The van der Waals surface area contributed by atoms with E-state index in [0.717, 1.165) is 12.1 Å². The summed E-state index contributed by atoms with van der Waals surface area (Å²) in [5.74, 6) is -1.72. The number of aliphatic hydroxyl groups excluding tert-OH is 5. The molecule has 0 spiro atoms. The maximum atomic E-state index is 13.1. The zero-order valence-corrected chi connectivity index (χ0v) is 19.5. The van der Waals surface area contributed by atoms with Crippen molar-refractivity contribution in [2.75, 3.05) is 19.8 Å². The third-order valence-corrected chi connectivity index (χ3v) is 6.94. The second kappa shape index (κ2) is 9.60. The van der Waals surface area contributed by atoms with Crippen LogP contribution in [0.2, 0.25) is 0 Å². The summed E-state index contributed by atoms with van der Waals surface area (Å²) in [6, 6.07) is 4.75. The fourth-order valence-electron chi connectivity index (χ4n) is 4.72. The van der Waals surface area contributed by atoms with Crippen LogP contribution in [0.4, 0.5) is 0 Å². The normalized spacial score (nSPS) is 33.8. The first-order valence-electron chi connectivity index (χ1n) is 11.6. The SMILES string of the molecule is O=c1c2cc(O)ccc2oc2cc(O)c([C@@H]3O[C@H](CO[C@@H]4OC[C@](O)(CO)[C@H]4O)[C@@H](O)[C@H](O)[C@H]3O)c(O)c12. The van der Waals surface area contributed by atoms with Gasteiger partial charge in [0.25, 0.3) is 0 Å². The first-order chi connectivity index (χ1) is 18.0. The molecule has 5 rings (SSSR count). The summed E-state index contributed by atoms with van der Waals surface area (Å²) >= 11 is 0. The van der Waals surface area contributed by atoms with Crippen LogP contribution in [0, 0.1) is 0 Å². The molecule has 14 heteroatoms. The van der Waals surface area contributed by atoms with Crippen molar-refractivity contribution in [1.29, 1.82) is 0 Å². The van der Waals surface area contributed by atoms with Crippen LogP contribution in [-0.4, -0.2) is 108 Å². The summed E-state index contributed by atoms with van der Waals surface area (Å²) in [6.07, 6.45) is -11.7. The topological polar surface area (TPSA) is 240 Å². The van der Waals surface area contributed by atoms with Gasteiger partial charge in [-0.25, -0.2) is 0 Å². The van der Waals surface area contributed by atoms with E-state index in [1.807, 2.05) is 0 Å². The van der Waals surface area contributed by atoms with Gasteiger partial charge in [0, 0.05) is 6.07 Å². The molecule has 0 unspecified atom stereocenters. The standard InChI is InChI=1S/C24H26O14/c25-6-24(34)7-36-23(22(24)33)35-5-13-17(29)19(31)20(32)21(38-13)14-10(27)4-12-15(18(14)30)16(28)9-3-8(26)1-2-11(9)37-12/h1-4,13,17,19-23,25-27,29-34H,5-7H2/t13-,17-,19+,20-,21+,22+,23-,24-/m1/s1. The minimum Gasteiger partial charge on any atom is -0.508 e. The summed E-state index contributed by atoms with van der Waals surface area (Å²) in [5.41, 5.74) is -3.35. The van der Waals surface area contributed by atoms with Crippen molar-refractivity contribution in [2.24, 2.45) is 0 Å². The molecular weight excluding hydrogens is 512 g/mol. The molecule has 0 amide bonds. The van der Waals surface area contributed by atoms with Crippen molar-refractivity contribution in [3.8, 4) is 17.2 Å². The fourth-order valence-corrected chi connectivity index (χ4v) is 4.72. The van der Waals surface area contributed by atoms with Crippen molar-refractivity contribution in [2.45, 2.75) is 48.5 Å². The van der Waals surface area contributed by atoms with Gasteiger partial charge in [-0.15, -0.1) is 0 Å². The van der Waals surface area contributed by atoms with Gasteiger partial charge in [0.2, 0.25) is 5.43 Å². The van der Waals surface area contributed by atoms with Gasteiger partial charge < -0.3 is 64.6 Å². The molecule has 2 aliphatic rings. The van der Waals surface area contributed by atoms with Gasteiger partial charge >= 0.3 is 0 Å². The highest BCUT2D eigenvalue weighted by molar-refractivity contribution is 5.95. The number of aromatic hydroxyl groups is 3. The average Bonchev–Trinajstić information content (AvgIpc) is 3.17. The lowest BCUT2D eigenvalue weighted by Crippen LogP contribution is -2.56. The molecule has 1 aromatic heterocycles. The number of ether oxygens (including phenoxy) is 3. The number of phenols is 3. The van der Waals surface area contributed by atoms with Gasteiger partial charge in [-0.3, -0.25) is 4.79 Å². The number of aliphatic hydroxyl groups is 6. The molecule has 14 nitrogen and oxygen atoms in total. The van der Waals surface area contributed by atoms with Crippen LogP contribution in [0.25, 0.3) is 21.9 Å². The summed E-state index contributed by atoms with van der Waals surface area (Å²) in [4.78, 5) is 13.1. The van der Waals surface area contributed by atoms with E-state index >= 15 is 0 Å². The molecule has 2 fully saturated rings. The van der Waals surface area contributed by atoms with Gasteiger partial charge in [-0.2, -0.15) is 0 Å². The maximum absolute atomic E-state index is 13.1. The zero-order valence-electron chi connectivity index (χ0n) is 19.5. The lowest BCUT2D eigenvalue weighted by Gasteiger charge is -2.41. The summed E-state index contributed by atoms with van der Waals surface area (Å²) in [5, 5.41) is 92.0. The highest BCUT2D eigenvalue weighted by atomic mass is 16.7. The Kier molecular flexibility index (Phi) is 6.71. The minimum atomic E-state index is -1.97. The Hall–Kier alpha value is -3.05. The monoisotopic (exact) mass is 538 g/mol. The molecule has 2 aromatic carbocycles. The Labute approximate surface area is 212 Å². The van der Waals surface area contributed by atoms with E-state index in [0.29, 0.717) is 0 Å². The van der Waals surface area contributed by atoms with E-state index in [2.05, 4.69) is 0 Å². The number of benzene rings is 2.